The molecular formula is C32H33F3N4O3. The molecule has 10 heteroatoms. The summed E-state index contributed by atoms with van der Waals surface area (Å²) in [7, 11) is 1.59. The van der Waals surface area contributed by atoms with Crippen LogP contribution < -0.4 is 15.5 Å². The van der Waals surface area contributed by atoms with Crippen molar-refractivity contribution in [1.29, 1.82) is 0 Å². The van der Waals surface area contributed by atoms with Crippen LogP contribution >= 0.6 is 0 Å². The summed E-state index contributed by atoms with van der Waals surface area (Å²) in [5.74, 6) is -0.784. The predicted octanol–water partition coefficient (Wildman–Crippen LogP) is 4.85. The highest BCUT2D eigenvalue weighted by Crippen LogP contribution is 2.38. The maximum absolute atomic E-state index is 13.8. The molecule has 2 aliphatic rings. The number of benzodiazepines with no additional fused rings is 1. The summed E-state index contributed by atoms with van der Waals surface area (Å²) < 4.78 is 39.7. The van der Waals surface area contributed by atoms with E-state index in [1.807, 2.05) is 30.3 Å². The third-order valence-electron chi connectivity index (χ3n) is 8.12. The number of hydrogen-bond donors (Lipinski definition) is 3. The summed E-state index contributed by atoms with van der Waals surface area (Å²) in [5, 5.41) is 16.7. The number of benzene rings is 3. The average Bonchev–Trinajstić information content (AvgIpc) is 3.45. The van der Waals surface area contributed by atoms with Gasteiger partial charge >= 0.3 is 6.18 Å². The van der Waals surface area contributed by atoms with E-state index in [4.69, 9.17) is 0 Å². The van der Waals surface area contributed by atoms with Crippen molar-refractivity contribution < 1.29 is 27.9 Å². The molecule has 42 heavy (non-hydrogen) atoms. The van der Waals surface area contributed by atoms with E-state index in [2.05, 4.69) is 15.6 Å². The number of halogens is 3. The molecule has 220 valence electrons. The number of amides is 2. The SMILES string of the molecule is CN1C(=O)C(NC(=O)C2(CNC[C@H](O)c3ccccc3)CCCC2)N=C(c2ccc(C(F)(F)F)cc2)c2ccccc21. The van der Waals surface area contributed by atoms with E-state index in [0.717, 1.165) is 30.5 Å². The highest BCUT2D eigenvalue weighted by Gasteiger charge is 2.43. The van der Waals surface area contributed by atoms with Crippen molar-refractivity contribution in [1.82, 2.24) is 10.6 Å². The number of para-hydroxylation sites is 1. The minimum Gasteiger partial charge on any atom is -0.387 e. The molecule has 3 N–H and O–H groups in total. The van der Waals surface area contributed by atoms with Gasteiger partial charge in [-0.1, -0.05) is 73.5 Å². The Morgan fingerprint density at radius 3 is 2.33 bits per heavy atom. The van der Waals surface area contributed by atoms with Crippen LogP contribution in [0.2, 0.25) is 0 Å². The smallest absolute Gasteiger partial charge is 0.387 e. The van der Waals surface area contributed by atoms with Crippen LogP contribution in [0.1, 0.15) is 54.0 Å². The van der Waals surface area contributed by atoms with Gasteiger partial charge in [0, 0.05) is 31.3 Å². The quantitative estimate of drug-likeness (QED) is 0.357. The van der Waals surface area contributed by atoms with Crippen LogP contribution in [0, 0.1) is 5.41 Å². The van der Waals surface area contributed by atoms with E-state index in [-0.39, 0.29) is 12.5 Å². The van der Waals surface area contributed by atoms with Gasteiger partial charge in [-0.25, -0.2) is 4.99 Å². The Bertz CT molecular complexity index is 1450. The number of carbonyl (C=O) groups is 2. The first-order chi connectivity index (χ1) is 20.1. The molecular weight excluding hydrogens is 545 g/mol. The first-order valence-electron chi connectivity index (χ1n) is 14.0. The summed E-state index contributed by atoms with van der Waals surface area (Å²) in [6.45, 7) is 0.574. The maximum atomic E-state index is 13.8. The van der Waals surface area contributed by atoms with Crippen LogP contribution in [0.5, 0.6) is 0 Å². The molecule has 0 bridgehead atoms. The average molecular weight is 579 g/mol. The summed E-state index contributed by atoms with van der Waals surface area (Å²) in [4.78, 5) is 33.5. The highest BCUT2D eigenvalue weighted by atomic mass is 19.4. The predicted molar refractivity (Wildman–Crippen MR) is 154 cm³/mol. The van der Waals surface area contributed by atoms with Gasteiger partial charge in [0.1, 0.15) is 0 Å². The molecule has 1 unspecified atom stereocenters. The highest BCUT2D eigenvalue weighted by molar-refractivity contribution is 6.20. The third-order valence-corrected chi connectivity index (χ3v) is 8.12. The molecule has 1 saturated carbocycles. The van der Waals surface area contributed by atoms with Gasteiger partial charge < -0.3 is 20.6 Å². The number of nitrogens with one attached hydrogen (secondary N) is 2. The van der Waals surface area contributed by atoms with Crippen LogP contribution in [-0.2, 0) is 15.8 Å². The molecule has 0 spiro atoms. The molecule has 1 fully saturated rings. The zero-order valence-electron chi connectivity index (χ0n) is 23.2. The number of alkyl halides is 3. The fourth-order valence-electron chi connectivity index (χ4n) is 5.72. The van der Waals surface area contributed by atoms with Crippen molar-refractivity contribution in [3.63, 3.8) is 0 Å². The number of anilines is 1. The number of rotatable bonds is 8. The van der Waals surface area contributed by atoms with Crippen LogP contribution in [0.25, 0.3) is 0 Å². The van der Waals surface area contributed by atoms with E-state index < -0.39 is 35.3 Å². The van der Waals surface area contributed by atoms with Crippen molar-refractivity contribution >= 4 is 23.2 Å². The molecule has 2 amide bonds. The second kappa shape index (κ2) is 12.1. The zero-order valence-corrected chi connectivity index (χ0v) is 23.2. The monoisotopic (exact) mass is 578 g/mol. The number of carbonyl (C=O) groups excluding carboxylic acids is 2. The second-order valence-corrected chi connectivity index (χ2v) is 10.9. The molecule has 5 rings (SSSR count). The lowest BCUT2D eigenvalue weighted by molar-refractivity contribution is -0.137. The maximum Gasteiger partial charge on any atom is 0.416 e. The standard InChI is InChI=1S/C32H33F3N4O3/c1-39-25-12-6-5-11-24(25)27(22-13-15-23(16-14-22)32(33,34)35)37-28(29(39)41)38-30(42)31(17-7-8-18-31)20-36-19-26(40)21-9-3-2-4-10-21/h2-6,9-16,26,28,36,40H,7-8,17-20H2,1H3,(H,38,42)/t26-,28?/m0/s1. The molecule has 7 nitrogen and oxygen atoms in total. The normalized spacial score (nSPS) is 19.1. The molecule has 3 aromatic carbocycles. The fourth-order valence-corrected chi connectivity index (χ4v) is 5.72. The minimum atomic E-state index is -4.49. The topological polar surface area (TPSA) is 94.0 Å². The summed E-state index contributed by atoms with van der Waals surface area (Å²) in [5.41, 5.74) is 0.990. The fraction of sp³-hybridized carbons (Fsp3) is 0.344. The number of aliphatic hydroxyl groups excluding tert-OH is 1. The van der Waals surface area contributed by atoms with Gasteiger partial charge in [-0.15, -0.1) is 0 Å². The molecule has 0 radical (unpaired) electrons. The molecule has 0 saturated heterocycles. The van der Waals surface area contributed by atoms with E-state index in [9.17, 15) is 27.9 Å². The number of nitrogens with zero attached hydrogens (tertiary/aromatic N) is 2. The van der Waals surface area contributed by atoms with E-state index in [0.29, 0.717) is 41.9 Å². The Balaban J connectivity index is 1.40. The Hall–Kier alpha value is -4.02. The van der Waals surface area contributed by atoms with E-state index in [1.54, 1.807) is 31.3 Å². The lowest BCUT2D eigenvalue weighted by Gasteiger charge is -2.30. The van der Waals surface area contributed by atoms with Crippen LogP contribution in [0.4, 0.5) is 18.9 Å². The minimum absolute atomic E-state index is 0.260. The Morgan fingerprint density at radius 2 is 1.67 bits per heavy atom. The lowest BCUT2D eigenvalue weighted by atomic mass is 9.84. The van der Waals surface area contributed by atoms with Crippen molar-refractivity contribution in [3.8, 4) is 0 Å². The Labute approximate surface area is 242 Å². The number of hydrogen-bond acceptors (Lipinski definition) is 5. The summed E-state index contributed by atoms with van der Waals surface area (Å²) >= 11 is 0. The molecule has 2 atom stereocenters. The van der Waals surface area contributed by atoms with Crippen molar-refractivity contribution in [3.05, 3.63) is 101 Å². The summed E-state index contributed by atoms with van der Waals surface area (Å²) in [6.07, 6.45) is -3.59. The van der Waals surface area contributed by atoms with Gasteiger partial charge in [-0.05, 0) is 36.6 Å². The Morgan fingerprint density at radius 1 is 1.02 bits per heavy atom. The first-order valence-corrected chi connectivity index (χ1v) is 14.0. The number of aliphatic hydroxyl groups is 1. The number of likely N-dealkylation sites (N-methyl/N-ethyl adjacent to an activating group) is 1. The Kier molecular flexibility index (Phi) is 8.47. The van der Waals surface area contributed by atoms with Gasteiger partial charge in [0.15, 0.2) is 0 Å². The van der Waals surface area contributed by atoms with Crippen LogP contribution in [0.3, 0.4) is 0 Å². The van der Waals surface area contributed by atoms with Gasteiger partial charge in [0.25, 0.3) is 5.91 Å². The van der Waals surface area contributed by atoms with E-state index in [1.165, 1.54) is 17.0 Å². The molecule has 1 aliphatic heterocycles. The molecule has 3 aromatic rings. The second-order valence-electron chi connectivity index (χ2n) is 10.9. The van der Waals surface area contributed by atoms with E-state index >= 15 is 0 Å². The van der Waals surface area contributed by atoms with Crippen LogP contribution in [-0.4, -0.2) is 48.9 Å². The van der Waals surface area contributed by atoms with Gasteiger partial charge in [-0.3, -0.25) is 9.59 Å². The van der Waals surface area contributed by atoms with Gasteiger partial charge in [0.2, 0.25) is 12.1 Å². The van der Waals surface area contributed by atoms with Crippen molar-refractivity contribution in [2.75, 3.05) is 25.0 Å². The lowest BCUT2D eigenvalue weighted by Crippen LogP contribution is -2.53. The molecule has 1 aliphatic carbocycles. The first kappa shape index (κ1) is 29.5. The van der Waals surface area contributed by atoms with Gasteiger partial charge in [0.05, 0.1) is 28.5 Å². The van der Waals surface area contributed by atoms with Crippen molar-refractivity contribution in [2.24, 2.45) is 10.4 Å². The zero-order chi connectivity index (χ0) is 29.9. The van der Waals surface area contributed by atoms with Gasteiger partial charge in [-0.2, -0.15) is 13.2 Å². The molecule has 0 aromatic heterocycles. The summed E-state index contributed by atoms with van der Waals surface area (Å²) in [6, 6.07) is 20.9. The molecule has 1 heterocycles. The number of fused-ring (bicyclic) bond motifs is 1. The van der Waals surface area contributed by atoms with Crippen molar-refractivity contribution in [2.45, 2.75) is 44.1 Å². The largest absolute Gasteiger partial charge is 0.416 e. The number of aliphatic imine (C=N–C) groups is 1. The third kappa shape index (κ3) is 6.10. The van der Waals surface area contributed by atoms with Crippen LogP contribution in [0.15, 0.2) is 83.9 Å².